The SMILES string of the molecule is CCCN(CCC)C(=O)c1cccc(C(=O)NC2CCCCC2)c1. The molecule has 1 N–H and O–H groups in total. The fraction of sp³-hybridized carbons (Fsp3) is 0.600. The second kappa shape index (κ2) is 9.45. The summed E-state index contributed by atoms with van der Waals surface area (Å²) < 4.78 is 0. The van der Waals surface area contributed by atoms with Gasteiger partial charge in [-0.1, -0.05) is 39.2 Å². The number of nitrogens with zero attached hydrogens (tertiary/aromatic N) is 1. The average Bonchev–Trinajstić information content (AvgIpc) is 2.62. The van der Waals surface area contributed by atoms with Gasteiger partial charge in [-0.05, 0) is 43.9 Å². The molecule has 0 heterocycles. The highest BCUT2D eigenvalue weighted by Crippen LogP contribution is 2.18. The summed E-state index contributed by atoms with van der Waals surface area (Å²) in [7, 11) is 0. The van der Waals surface area contributed by atoms with Gasteiger partial charge in [-0.15, -0.1) is 0 Å². The minimum atomic E-state index is -0.0610. The van der Waals surface area contributed by atoms with Crippen LogP contribution in [0.25, 0.3) is 0 Å². The van der Waals surface area contributed by atoms with Crippen molar-refractivity contribution in [2.45, 2.75) is 64.8 Å². The Kier molecular flexibility index (Phi) is 7.29. The molecule has 1 aliphatic carbocycles. The summed E-state index contributed by atoms with van der Waals surface area (Å²) in [5.74, 6) is -0.0416. The zero-order valence-corrected chi connectivity index (χ0v) is 15.0. The fourth-order valence-corrected chi connectivity index (χ4v) is 3.35. The lowest BCUT2D eigenvalue weighted by atomic mass is 9.95. The van der Waals surface area contributed by atoms with E-state index in [0.717, 1.165) is 38.8 Å². The maximum absolute atomic E-state index is 12.7. The van der Waals surface area contributed by atoms with Gasteiger partial charge in [0.15, 0.2) is 0 Å². The minimum Gasteiger partial charge on any atom is -0.349 e. The molecule has 1 fully saturated rings. The smallest absolute Gasteiger partial charge is 0.253 e. The highest BCUT2D eigenvalue weighted by Gasteiger charge is 2.19. The van der Waals surface area contributed by atoms with Gasteiger partial charge in [-0.2, -0.15) is 0 Å². The average molecular weight is 330 g/mol. The highest BCUT2D eigenvalue weighted by atomic mass is 16.2. The van der Waals surface area contributed by atoms with Gasteiger partial charge in [0.25, 0.3) is 11.8 Å². The van der Waals surface area contributed by atoms with Crippen LogP contribution in [0.3, 0.4) is 0 Å². The van der Waals surface area contributed by atoms with Gasteiger partial charge in [0.1, 0.15) is 0 Å². The van der Waals surface area contributed by atoms with E-state index in [9.17, 15) is 9.59 Å². The molecule has 1 aromatic carbocycles. The highest BCUT2D eigenvalue weighted by molar-refractivity contribution is 5.99. The third kappa shape index (κ3) is 5.08. The summed E-state index contributed by atoms with van der Waals surface area (Å²) in [6, 6.07) is 7.41. The summed E-state index contributed by atoms with van der Waals surface area (Å²) in [5.41, 5.74) is 1.19. The van der Waals surface area contributed by atoms with Gasteiger partial charge in [0.05, 0.1) is 0 Å². The number of hydrogen-bond acceptors (Lipinski definition) is 2. The quantitative estimate of drug-likeness (QED) is 0.821. The number of nitrogens with one attached hydrogen (secondary N) is 1. The van der Waals surface area contributed by atoms with Crippen molar-refractivity contribution in [1.29, 1.82) is 0 Å². The number of rotatable bonds is 7. The molecule has 1 saturated carbocycles. The molecule has 1 aromatic rings. The van der Waals surface area contributed by atoms with Crippen LogP contribution >= 0.6 is 0 Å². The van der Waals surface area contributed by atoms with E-state index in [-0.39, 0.29) is 17.9 Å². The van der Waals surface area contributed by atoms with E-state index in [1.165, 1.54) is 19.3 Å². The number of carbonyl (C=O) groups excluding carboxylic acids is 2. The first-order valence-corrected chi connectivity index (χ1v) is 9.36. The normalized spacial score (nSPS) is 15.1. The van der Waals surface area contributed by atoms with Gasteiger partial charge in [-0.25, -0.2) is 0 Å². The van der Waals surface area contributed by atoms with Crippen molar-refractivity contribution < 1.29 is 9.59 Å². The van der Waals surface area contributed by atoms with Crippen molar-refractivity contribution in [2.24, 2.45) is 0 Å². The van der Waals surface area contributed by atoms with E-state index >= 15 is 0 Å². The largest absolute Gasteiger partial charge is 0.349 e. The molecule has 1 aliphatic rings. The monoisotopic (exact) mass is 330 g/mol. The van der Waals surface area contributed by atoms with Crippen LogP contribution in [-0.2, 0) is 0 Å². The van der Waals surface area contributed by atoms with Crippen LogP contribution < -0.4 is 5.32 Å². The van der Waals surface area contributed by atoms with E-state index < -0.39 is 0 Å². The van der Waals surface area contributed by atoms with Gasteiger partial charge < -0.3 is 10.2 Å². The molecule has 2 amide bonds. The lowest BCUT2D eigenvalue weighted by Crippen LogP contribution is -2.36. The molecule has 4 nitrogen and oxygen atoms in total. The van der Waals surface area contributed by atoms with Crippen molar-refractivity contribution in [2.75, 3.05) is 13.1 Å². The summed E-state index contributed by atoms with van der Waals surface area (Å²) in [6.45, 7) is 5.66. The summed E-state index contributed by atoms with van der Waals surface area (Å²) in [6.07, 6.45) is 7.64. The standard InChI is InChI=1S/C20H30N2O2/c1-3-13-22(14-4-2)20(24)17-10-8-9-16(15-17)19(23)21-18-11-6-5-7-12-18/h8-10,15,18H,3-7,11-14H2,1-2H3,(H,21,23). The van der Waals surface area contributed by atoms with E-state index in [1.807, 2.05) is 4.90 Å². The van der Waals surface area contributed by atoms with Gasteiger partial charge in [0, 0.05) is 30.3 Å². The predicted octanol–water partition coefficient (Wildman–Crippen LogP) is 4.01. The molecule has 0 radical (unpaired) electrons. The van der Waals surface area contributed by atoms with Crippen LogP contribution in [0.4, 0.5) is 0 Å². The third-order valence-electron chi connectivity index (χ3n) is 4.59. The van der Waals surface area contributed by atoms with E-state index in [2.05, 4.69) is 19.2 Å². The molecule has 0 unspecified atom stereocenters. The molecule has 0 aliphatic heterocycles. The Morgan fingerprint density at radius 1 is 1.04 bits per heavy atom. The fourth-order valence-electron chi connectivity index (χ4n) is 3.35. The van der Waals surface area contributed by atoms with Crippen LogP contribution in [0.15, 0.2) is 24.3 Å². The summed E-state index contributed by atoms with van der Waals surface area (Å²) >= 11 is 0. The number of carbonyl (C=O) groups is 2. The summed E-state index contributed by atoms with van der Waals surface area (Å²) in [4.78, 5) is 27.0. The van der Waals surface area contributed by atoms with Crippen molar-refractivity contribution in [3.8, 4) is 0 Å². The van der Waals surface area contributed by atoms with Gasteiger partial charge in [0.2, 0.25) is 0 Å². The Morgan fingerprint density at radius 2 is 1.67 bits per heavy atom. The van der Waals surface area contributed by atoms with Crippen molar-refractivity contribution in [3.05, 3.63) is 35.4 Å². The Hall–Kier alpha value is -1.84. The first kappa shape index (κ1) is 18.5. The molecule has 0 aromatic heterocycles. The zero-order chi connectivity index (χ0) is 17.4. The first-order valence-electron chi connectivity index (χ1n) is 9.36. The topological polar surface area (TPSA) is 49.4 Å². The molecule has 0 spiro atoms. The zero-order valence-electron chi connectivity index (χ0n) is 15.0. The second-order valence-corrected chi connectivity index (χ2v) is 6.68. The van der Waals surface area contributed by atoms with E-state index in [1.54, 1.807) is 24.3 Å². The molecule has 2 rings (SSSR count). The molecular formula is C20H30N2O2. The van der Waals surface area contributed by atoms with Gasteiger partial charge >= 0.3 is 0 Å². The molecule has 24 heavy (non-hydrogen) atoms. The van der Waals surface area contributed by atoms with Crippen LogP contribution in [0.1, 0.15) is 79.5 Å². The Labute approximate surface area is 145 Å². The van der Waals surface area contributed by atoms with E-state index in [4.69, 9.17) is 0 Å². The molecule has 0 bridgehead atoms. The summed E-state index contributed by atoms with van der Waals surface area (Å²) in [5, 5.41) is 3.12. The molecule has 4 heteroatoms. The Balaban J connectivity index is 2.06. The van der Waals surface area contributed by atoms with Crippen molar-refractivity contribution in [1.82, 2.24) is 10.2 Å². The molecule has 132 valence electrons. The van der Waals surface area contributed by atoms with Gasteiger partial charge in [-0.3, -0.25) is 9.59 Å². The number of benzene rings is 1. The maximum atomic E-state index is 12.7. The first-order chi connectivity index (χ1) is 11.7. The third-order valence-corrected chi connectivity index (χ3v) is 4.59. The lowest BCUT2D eigenvalue weighted by molar-refractivity contribution is 0.0755. The van der Waals surface area contributed by atoms with Crippen LogP contribution in [0.2, 0.25) is 0 Å². The van der Waals surface area contributed by atoms with Crippen molar-refractivity contribution in [3.63, 3.8) is 0 Å². The predicted molar refractivity (Wildman–Crippen MR) is 97.3 cm³/mol. The van der Waals surface area contributed by atoms with Crippen molar-refractivity contribution >= 4 is 11.8 Å². The number of amides is 2. The molecular weight excluding hydrogens is 300 g/mol. The van der Waals surface area contributed by atoms with Crippen LogP contribution in [0.5, 0.6) is 0 Å². The second-order valence-electron chi connectivity index (χ2n) is 6.68. The lowest BCUT2D eigenvalue weighted by Gasteiger charge is -2.23. The minimum absolute atomic E-state index is 0.0195. The molecule has 0 atom stereocenters. The van der Waals surface area contributed by atoms with Crippen LogP contribution in [0, 0.1) is 0 Å². The van der Waals surface area contributed by atoms with Crippen LogP contribution in [-0.4, -0.2) is 35.8 Å². The molecule has 0 saturated heterocycles. The maximum Gasteiger partial charge on any atom is 0.253 e. The number of hydrogen-bond donors (Lipinski definition) is 1. The Morgan fingerprint density at radius 3 is 2.29 bits per heavy atom. The van der Waals surface area contributed by atoms with E-state index in [0.29, 0.717) is 11.1 Å². The Bertz CT molecular complexity index is 544.